The van der Waals surface area contributed by atoms with E-state index < -0.39 is 0 Å². The first kappa shape index (κ1) is 9.78. The molecule has 0 aliphatic carbocycles. The van der Waals surface area contributed by atoms with Crippen molar-refractivity contribution in [2.45, 2.75) is 38.6 Å². The Labute approximate surface area is 85.9 Å². The van der Waals surface area contributed by atoms with Crippen LogP contribution in [0.15, 0.2) is 22.8 Å². The van der Waals surface area contributed by atoms with Gasteiger partial charge < -0.3 is 4.42 Å². The Hall–Kier alpha value is -0.760. The number of likely N-dealkylation sites (tertiary alicyclic amines) is 1. The molecule has 0 bridgehead atoms. The number of hydrogen-bond acceptors (Lipinski definition) is 2. The zero-order chi connectivity index (χ0) is 9.80. The van der Waals surface area contributed by atoms with Crippen LogP contribution < -0.4 is 0 Å². The molecular formula is C12H19NO. The van der Waals surface area contributed by atoms with Crippen molar-refractivity contribution in [2.24, 2.45) is 0 Å². The van der Waals surface area contributed by atoms with E-state index in [9.17, 15) is 0 Å². The lowest BCUT2D eigenvalue weighted by atomic mass is 10.00. The van der Waals surface area contributed by atoms with E-state index in [4.69, 9.17) is 4.42 Å². The first-order chi connectivity index (χ1) is 6.92. The maximum atomic E-state index is 5.51. The van der Waals surface area contributed by atoms with E-state index in [1.807, 2.05) is 6.07 Å². The fourth-order valence-electron chi connectivity index (χ4n) is 2.35. The second kappa shape index (κ2) is 4.65. The van der Waals surface area contributed by atoms with Crippen LogP contribution in [0.25, 0.3) is 0 Å². The first-order valence-corrected chi connectivity index (χ1v) is 5.69. The lowest BCUT2D eigenvalue weighted by Gasteiger charge is -2.34. The maximum Gasteiger partial charge on any atom is 0.120 e. The first-order valence-electron chi connectivity index (χ1n) is 5.69. The molecular weight excluding hydrogens is 174 g/mol. The standard InChI is InChI=1S/C12H19NO/c1-2-8-13-9-4-3-6-11(13)12-7-5-10-14-12/h5,7,10-11H,2-4,6,8-9H2,1H3. The van der Waals surface area contributed by atoms with Crippen molar-refractivity contribution in [3.05, 3.63) is 24.2 Å². The molecule has 0 spiro atoms. The van der Waals surface area contributed by atoms with Crippen LogP contribution >= 0.6 is 0 Å². The van der Waals surface area contributed by atoms with E-state index in [1.54, 1.807) is 6.26 Å². The van der Waals surface area contributed by atoms with Gasteiger partial charge in [0.15, 0.2) is 0 Å². The molecule has 1 aromatic rings. The van der Waals surface area contributed by atoms with Gasteiger partial charge in [-0.3, -0.25) is 4.90 Å². The van der Waals surface area contributed by atoms with Gasteiger partial charge in [0, 0.05) is 0 Å². The summed E-state index contributed by atoms with van der Waals surface area (Å²) in [6.07, 6.45) is 6.96. The van der Waals surface area contributed by atoms with Crippen molar-refractivity contribution >= 4 is 0 Å². The third-order valence-electron chi connectivity index (χ3n) is 3.00. The van der Waals surface area contributed by atoms with Crippen molar-refractivity contribution in [1.82, 2.24) is 4.90 Å². The van der Waals surface area contributed by atoms with E-state index in [0.29, 0.717) is 6.04 Å². The molecule has 1 aromatic heterocycles. The summed E-state index contributed by atoms with van der Waals surface area (Å²) < 4.78 is 5.51. The van der Waals surface area contributed by atoms with Crippen LogP contribution in [0.1, 0.15) is 44.4 Å². The summed E-state index contributed by atoms with van der Waals surface area (Å²) in [5.41, 5.74) is 0. The average molecular weight is 193 g/mol. The fourth-order valence-corrected chi connectivity index (χ4v) is 2.35. The lowest BCUT2D eigenvalue weighted by Crippen LogP contribution is -2.33. The Morgan fingerprint density at radius 2 is 2.43 bits per heavy atom. The predicted molar refractivity (Wildman–Crippen MR) is 57.2 cm³/mol. The van der Waals surface area contributed by atoms with Gasteiger partial charge in [-0.1, -0.05) is 13.3 Å². The van der Waals surface area contributed by atoms with Crippen LogP contribution in [0.3, 0.4) is 0 Å². The molecule has 1 atom stereocenters. The van der Waals surface area contributed by atoms with Crippen LogP contribution in [-0.4, -0.2) is 18.0 Å². The van der Waals surface area contributed by atoms with Gasteiger partial charge in [-0.25, -0.2) is 0 Å². The predicted octanol–water partition coefficient (Wildman–Crippen LogP) is 3.22. The summed E-state index contributed by atoms with van der Waals surface area (Å²) in [4.78, 5) is 2.56. The molecule has 1 fully saturated rings. The second-order valence-corrected chi connectivity index (χ2v) is 4.06. The third-order valence-corrected chi connectivity index (χ3v) is 3.00. The summed E-state index contributed by atoms with van der Waals surface area (Å²) >= 11 is 0. The molecule has 78 valence electrons. The highest BCUT2D eigenvalue weighted by atomic mass is 16.3. The summed E-state index contributed by atoms with van der Waals surface area (Å²) in [6.45, 7) is 4.68. The zero-order valence-corrected chi connectivity index (χ0v) is 8.91. The van der Waals surface area contributed by atoms with E-state index in [-0.39, 0.29) is 0 Å². The third kappa shape index (κ3) is 2.01. The van der Waals surface area contributed by atoms with Crippen LogP contribution in [0.5, 0.6) is 0 Å². The van der Waals surface area contributed by atoms with Gasteiger partial charge in [-0.15, -0.1) is 0 Å². The van der Waals surface area contributed by atoms with Crippen LogP contribution in [-0.2, 0) is 0 Å². The lowest BCUT2D eigenvalue weighted by molar-refractivity contribution is 0.130. The number of piperidine rings is 1. The van der Waals surface area contributed by atoms with E-state index in [2.05, 4.69) is 17.9 Å². The zero-order valence-electron chi connectivity index (χ0n) is 8.91. The van der Waals surface area contributed by atoms with Gasteiger partial charge in [-0.2, -0.15) is 0 Å². The Morgan fingerprint density at radius 1 is 1.50 bits per heavy atom. The van der Waals surface area contributed by atoms with Gasteiger partial charge in [0.2, 0.25) is 0 Å². The molecule has 0 aromatic carbocycles. The SMILES string of the molecule is CCCN1CCCCC1c1ccco1. The molecule has 2 nitrogen and oxygen atoms in total. The van der Waals surface area contributed by atoms with E-state index in [1.165, 1.54) is 38.8 Å². The minimum Gasteiger partial charge on any atom is -0.468 e. The van der Waals surface area contributed by atoms with Gasteiger partial charge in [0.25, 0.3) is 0 Å². The highest BCUT2D eigenvalue weighted by molar-refractivity contribution is 5.05. The Morgan fingerprint density at radius 3 is 3.14 bits per heavy atom. The summed E-state index contributed by atoms with van der Waals surface area (Å²) in [7, 11) is 0. The minimum absolute atomic E-state index is 0.540. The van der Waals surface area contributed by atoms with Gasteiger partial charge >= 0.3 is 0 Å². The Balaban J connectivity index is 2.06. The number of nitrogens with zero attached hydrogens (tertiary/aromatic N) is 1. The van der Waals surface area contributed by atoms with Crippen molar-refractivity contribution in [2.75, 3.05) is 13.1 Å². The normalized spacial score (nSPS) is 23.9. The molecule has 1 aliphatic heterocycles. The van der Waals surface area contributed by atoms with Crippen LogP contribution in [0.2, 0.25) is 0 Å². The molecule has 2 rings (SSSR count). The van der Waals surface area contributed by atoms with Gasteiger partial charge in [0.1, 0.15) is 5.76 Å². The smallest absolute Gasteiger partial charge is 0.120 e. The minimum atomic E-state index is 0.540. The number of hydrogen-bond donors (Lipinski definition) is 0. The van der Waals surface area contributed by atoms with Gasteiger partial charge in [-0.05, 0) is 44.5 Å². The Kier molecular flexibility index (Phi) is 3.25. The van der Waals surface area contributed by atoms with Crippen molar-refractivity contribution in [1.29, 1.82) is 0 Å². The number of furan rings is 1. The molecule has 14 heavy (non-hydrogen) atoms. The average Bonchev–Trinajstić information content (AvgIpc) is 2.72. The van der Waals surface area contributed by atoms with Crippen molar-refractivity contribution in [3.63, 3.8) is 0 Å². The van der Waals surface area contributed by atoms with E-state index in [0.717, 1.165) is 5.76 Å². The molecule has 0 saturated carbocycles. The van der Waals surface area contributed by atoms with Crippen LogP contribution in [0, 0.1) is 0 Å². The fraction of sp³-hybridized carbons (Fsp3) is 0.667. The molecule has 1 aliphatic rings. The summed E-state index contributed by atoms with van der Waals surface area (Å²) in [6, 6.07) is 4.64. The molecule has 0 N–H and O–H groups in total. The highest BCUT2D eigenvalue weighted by Crippen LogP contribution is 2.30. The molecule has 0 radical (unpaired) electrons. The quantitative estimate of drug-likeness (QED) is 0.733. The molecule has 1 saturated heterocycles. The molecule has 0 amide bonds. The molecule has 1 unspecified atom stereocenters. The van der Waals surface area contributed by atoms with Gasteiger partial charge in [0.05, 0.1) is 12.3 Å². The molecule has 2 heterocycles. The second-order valence-electron chi connectivity index (χ2n) is 4.06. The van der Waals surface area contributed by atoms with Crippen molar-refractivity contribution in [3.8, 4) is 0 Å². The summed E-state index contributed by atoms with van der Waals surface area (Å²) in [5, 5.41) is 0. The van der Waals surface area contributed by atoms with E-state index >= 15 is 0 Å². The topological polar surface area (TPSA) is 16.4 Å². The molecule has 2 heteroatoms. The summed E-state index contributed by atoms with van der Waals surface area (Å²) in [5.74, 6) is 1.15. The highest BCUT2D eigenvalue weighted by Gasteiger charge is 2.24. The van der Waals surface area contributed by atoms with Crippen LogP contribution in [0.4, 0.5) is 0 Å². The largest absolute Gasteiger partial charge is 0.468 e. The number of rotatable bonds is 3. The Bertz CT molecular complexity index is 253. The monoisotopic (exact) mass is 193 g/mol. The maximum absolute atomic E-state index is 5.51. The van der Waals surface area contributed by atoms with Crippen molar-refractivity contribution < 1.29 is 4.42 Å².